The summed E-state index contributed by atoms with van der Waals surface area (Å²) < 4.78 is 0. The molecule has 102 valence electrons. The van der Waals surface area contributed by atoms with Crippen LogP contribution in [0.5, 0.6) is 0 Å². The molecule has 0 aromatic carbocycles. The lowest BCUT2D eigenvalue weighted by Crippen LogP contribution is -2.29. The molecule has 0 bridgehead atoms. The monoisotopic (exact) mass is 262 g/mol. The Bertz CT molecular complexity index is 217. The van der Waals surface area contributed by atoms with Crippen molar-refractivity contribution in [2.75, 3.05) is 13.1 Å². The fourth-order valence-electron chi connectivity index (χ4n) is 1.99. The van der Waals surface area contributed by atoms with Crippen molar-refractivity contribution in [3.63, 3.8) is 0 Å². The van der Waals surface area contributed by atoms with Crippen molar-refractivity contribution in [1.82, 2.24) is 5.32 Å². The maximum Gasteiger partial charge on any atom is 0.220 e. The lowest BCUT2D eigenvalue weighted by atomic mass is 10.0. The van der Waals surface area contributed by atoms with Crippen LogP contribution in [-0.4, -0.2) is 19.0 Å². The van der Waals surface area contributed by atoms with Gasteiger partial charge in [-0.1, -0.05) is 19.8 Å². The fourth-order valence-corrected chi connectivity index (χ4v) is 1.99. The van der Waals surface area contributed by atoms with Gasteiger partial charge in [0.25, 0.3) is 0 Å². The quantitative estimate of drug-likeness (QED) is 0.628. The molecule has 0 spiro atoms. The number of nitrogens with one attached hydrogen (secondary N) is 1. The number of hydrogen-bond acceptors (Lipinski definition) is 2. The van der Waals surface area contributed by atoms with Crippen molar-refractivity contribution in [1.29, 1.82) is 0 Å². The summed E-state index contributed by atoms with van der Waals surface area (Å²) >= 11 is 0. The highest BCUT2D eigenvalue weighted by atomic mass is 35.5. The highest BCUT2D eigenvalue weighted by molar-refractivity contribution is 5.85. The van der Waals surface area contributed by atoms with Gasteiger partial charge in [-0.2, -0.15) is 0 Å². The second-order valence-corrected chi connectivity index (χ2v) is 5.08. The van der Waals surface area contributed by atoms with Crippen molar-refractivity contribution >= 4 is 18.3 Å². The van der Waals surface area contributed by atoms with Gasteiger partial charge in [-0.05, 0) is 44.1 Å². The Hall–Kier alpha value is -0.280. The lowest BCUT2D eigenvalue weighted by molar-refractivity contribution is -0.121. The molecule has 1 rings (SSSR count). The molecule has 1 aliphatic carbocycles. The first-order valence-electron chi connectivity index (χ1n) is 6.69. The number of carbonyl (C=O) groups is 1. The molecule has 0 unspecified atom stereocenters. The van der Waals surface area contributed by atoms with Crippen LogP contribution >= 0.6 is 12.4 Å². The number of rotatable bonds is 9. The zero-order valence-corrected chi connectivity index (χ0v) is 11.8. The molecule has 0 saturated heterocycles. The predicted molar refractivity (Wildman–Crippen MR) is 74.4 cm³/mol. The number of amides is 1. The van der Waals surface area contributed by atoms with E-state index in [2.05, 4.69) is 12.2 Å². The van der Waals surface area contributed by atoms with E-state index in [4.69, 9.17) is 5.73 Å². The second-order valence-electron chi connectivity index (χ2n) is 5.08. The molecule has 3 nitrogen and oxygen atoms in total. The first-order valence-corrected chi connectivity index (χ1v) is 6.69. The van der Waals surface area contributed by atoms with Gasteiger partial charge in [-0.3, -0.25) is 4.79 Å². The molecule has 0 radical (unpaired) electrons. The number of nitrogens with two attached hydrogens (primary N) is 1. The van der Waals surface area contributed by atoms with Crippen molar-refractivity contribution in [3.05, 3.63) is 0 Å². The van der Waals surface area contributed by atoms with Gasteiger partial charge in [0.1, 0.15) is 0 Å². The average molecular weight is 263 g/mol. The molecule has 1 saturated carbocycles. The molecule has 4 heteroatoms. The first kappa shape index (κ1) is 16.7. The highest BCUT2D eigenvalue weighted by Crippen LogP contribution is 2.47. The third-order valence-electron chi connectivity index (χ3n) is 3.73. The molecule has 1 amide bonds. The Morgan fingerprint density at radius 3 is 2.41 bits per heavy atom. The van der Waals surface area contributed by atoms with E-state index in [-0.39, 0.29) is 18.3 Å². The van der Waals surface area contributed by atoms with Gasteiger partial charge in [0.2, 0.25) is 5.91 Å². The normalized spacial score (nSPS) is 16.1. The summed E-state index contributed by atoms with van der Waals surface area (Å²) in [5, 5.41) is 3.06. The van der Waals surface area contributed by atoms with Gasteiger partial charge in [0.15, 0.2) is 0 Å². The van der Waals surface area contributed by atoms with E-state index in [0.29, 0.717) is 11.8 Å². The third kappa shape index (κ3) is 6.89. The Balaban J connectivity index is 0.00000256. The minimum absolute atomic E-state index is 0. The second kappa shape index (κ2) is 8.76. The van der Waals surface area contributed by atoms with E-state index >= 15 is 0 Å². The molecule has 0 aliphatic heterocycles. The SMILES string of the molecule is CCC1(CNC(=O)CCCCCCN)CC1.Cl. The molecular weight excluding hydrogens is 236 g/mol. The van der Waals surface area contributed by atoms with Crippen molar-refractivity contribution in [2.45, 2.75) is 58.3 Å². The van der Waals surface area contributed by atoms with Gasteiger partial charge in [-0.25, -0.2) is 0 Å². The van der Waals surface area contributed by atoms with Gasteiger partial charge >= 0.3 is 0 Å². The Labute approximate surface area is 111 Å². The highest BCUT2D eigenvalue weighted by Gasteiger charge is 2.40. The Morgan fingerprint density at radius 1 is 1.24 bits per heavy atom. The van der Waals surface area contributed by atoms with Gasteiger partial charge in [-0.15, -0.1) is 12.4 Å². The fraction of sp³-hybridized carbons (Fsp3) is 0.923. The molecule has 0 heterocycles. The van der Waals surface area contributed by atoms with Crippen LogP contribution < -0.4 is 11.1 Å². The Morgan fingerprint density at radius 2 is 1.88 bits per heavy atom. The maximum atomic E-state index is 11.5. The number of carbonyl (C=O) groups excluding carboxylic acids is 1. The van der Waals surface area contributed by atoms with Gasteiger partial charge in [0, 0.05) is 13.0 Å². The molecule has 1 fully saturated rings. The largest absolute Gasteiger partial charge is 0.356 e. The topological polar surface area (TPSA) is 55.1 Å². The number of unbranched alkanes of at least 4 members (excludes halogenated alkanes) is 3. The predicted octanol–water partition coefficient (Wildman–Crippen LogP) is 2.62. The van der Waals surface area contributed by atoms with Crippen molar-refractivity contribution in [2.24, 2.45) is 11.1 Å². The van der Waals surface area contributed by atoms with E-state index in [9.17, 15) is 4.79 Å². The van der Waals surface area contributed by atoms with Crippen LogP contribution in [0.4, 0.5) is 0 Å². The van der Waals surface area contributed by atoms with E-state index in [1.165, 1.54) is 19.3 Å². The average Bonchev–Trinajstić information content (AvgIpc) is 3.07. The van der Waals surface area contributed by atoms with Crippen molar-refractivity contribution < 1.29 is 4.79 Å². The minimum Gasteiger partial charge on any atom is -0.356 e. The van der Waals surface area contributed by atoms with Gasteiger partial charge < -0.3 is 11.1 Å². The molecule has 0 aromatic heterocycles. The smallest absolute Gasteiger partial charge is 0.220 e. The summed E-state index contributed by atoms with van der Waals surface area (Å²) in [5.74, 6) is 0.229. The first-order chi connectivity index (χ1) is 7.72. The standard InChI is InChI=1S/C13H26N2O.ClH/c1-2-13(8-9-13)11-15-12(16)7-5-3-4-6-10-14;/h2-11,14H2,1H3,(H,15,16);1H. The summed E-state index contributed by atoms with van der Waals surface area (Å²) in [6.45, 7) is 3.88. The lowest BCUT2D eigenvalue weighted by Gasteiger charge is -2.13. The van der Waals surface area contributed by atoms with Crippen LogP contribution in [-0.2, 0) is 4.79 Å². The Kier molecular flexibility index (Phi) is 8.61. The van der Waals surface area contributed by atoms with Crippen LogP contribution in [0.1, 0.15) is 58.3 Å². The van der Waals surface area contributed by atoms with Gasteiger partial charge in [0.05, 0.1) is 0 Å². The van der Waals surface area contributed by atoms with E-state index in [1.807, 2.05) is 0 Å². The summed E-state index contributed by atoms with van der Waals surface area (Å²) in [6.07, 6.45) is 8.84. The summed E-state index contributed by atoms with van der Waals surface area (Å²) in [5.41, 5.74) is 5.88. The van der Waals surface area contributed by atoms with E-state index < -0.39 is 0 Å². The maximum absolute atomic E-state index is 11.5. The molecule has 0 aromatic rings. The van der Waals surface area contributed by atoms with Crippen LogP contribution in [0, 0.1) is 5.41 Å². The molecule has 1 aliphatic rings. The van der Waals surface area contributed by atoms with Crippen LogP contribution in [0.15, 0.2) is 0 Å². The third-order valence-corrected chi connectivity index (χ3v) is 3.73. The van der Waals surface area contributed by atoms with Crippen molar-refractivity contribution in [3.8, 4) is 0 Å². The number of halogens is 1. The van der Waals surface area contributed by atoms with E-state index in [0.717, 1.165) is 38.8 Å². The number of hydrogen-bond donors (Lipinski definition) is 2. The molecule has 17 heavy (non-hydrogen) atoms. The van der Waals surface area contributed by atoms with Crippen LogP contribution in [0.2, 0.25) is 0 Å². The van der Waals surface area contributed by atoms with Crippen LogP contribution in [0.25, 0.3) is 0 Å². The summed E-state index contributed by atoms with van der Waals surface area (Å²) in [4.78, 5) is 11.5. The zero-order chi connectivity index (χ0) is 11.9. The molecule has 3 N–H and O–H groups in total. The zero-order valence-electron chi connectivity index (χ0n) is 11.0. The molecule has 0 atom stereocenters. The summed E-state index contributed by atoms with van der Waals surface area (Å²) in [7, 11) is 0. The van der Waals surface area contributed by atoms with Crippen LogP contribution in [0.3, 0.4) is 0 Å². The molecular formula is C13H27ClN2O. The van der Waals surface area contributed by atoms with E-state index in [1.54, 1.807) is 0 Å². The minimum atomic E-state index is 0. The summed E-state index contributed by atoms with van der Waals surface area (Å²) in [6, 6.07) is 0.